The predicted molar refractivity (Wildman–Crippen MR) is 133 cm³/mol. The van der Waals surface area contributed by atoms with Crippen molar-refractivity contribution in [1.82, 2.24) is 9.66 Å². The topological polar surface area (TPSA) is 103 Å². The lowest BCUT2D eigenvalue weighted by atomic mass is 9.88. The Hall–Kier alpha value is -3.20. The molecule has 0 aliphatic heterocycles. The standard InChI is InChI=1S/C25H26BrN3O5/c1-15(25(31)32)34-22-19(26)12-16(13-21(22)33-2)14-27-29-23(17-8-4-3-5-9-17)28-20-11-7-6-10-18(20)24(29)30/h6-7,10-15,17H,3-5,8-9H2,1-2H3,(H,31,32)/t15-/m0/s1. The molecular formula is C25H26BrN3O5. The fraction of sp³-hybridized carbons (Fsp3) is 0.360. The van der Waals surface area contributed by atoms with Crippen molar-refractivity contribution in [3.8, 4) is 11.5 Å². The number of methoxy groups -OCH3 is 1. The van der Waals surface area contributed by atoms with Gasteiger partial charge in [0.25, 0.3) is 5.56 Å². The van der Waals surface area contributed by atoms with Crippen LogP contribution in [0.25, 0.3) is 10.9 Å². The zero-order valence-electron chi connectivity index (χ0n) is 19.0. The van der Waals surface area contributed by atoms with E-state index in [1.165, 1.54) is 25.1 Å². The van der Waals surface area contributed by atoms with Crippen LogP contribution in [0.1, 0.15) is 56.3 Å². The third-order valence-corrected chi connectivity index (χ3v) is 6.55. The van der Waals surface area contributed by atoms with Gasteiger partial charge in [-0.3, -0.25) is 4.79 Å². The van der Waals surface area contributed by atoms with Gasteiger partial charge in [-0.05, 0) is 65.5 Å². The summed E-state index contributed by atoms with van der Waals surface area (Å²) < 4.78 is 12.9. The molecule has 8 nitrogen and oxygen atoms in total. The number of hydrogen-bond acceptors (Lipinski definition) is 6. The zero-order chi connectivity index (χ0) is 24.2. The van der Waals surface area contributed by atoms with E-state index in [4.69, 9.17) is 19.6 Å². The van der Waals surface area contributed by atoms with Crippen LogP contribution in [0.3, 0.4) is 0 Å². The summed E-state index contributed by atoms with van der Waals surface area (Å²) in [6, 6.07) is 10.7. The maximum atomic E-state index is 13.3. The second-order valence-electron chi connectivity index (χ2n) is 8.32. The first-order valence-electron chi connectivity index (χ1n) is 11.2. The summed E-state index contributed by atoms with van der Waals surface area (Å²) in [4.78, 5) is 29.4. The van der Waals surface area contributed by atoms with Gasteiger partial charge in [0.2, 0.25) is 0 Å². The number of aliphatic carboxylic acids is 1. The number of benzene rings is 2. The minimum atomic E-state index is -1.09. The van der Waals surface area contributed by atoms with Crippen LogP contribution in [0.15, 0.2) is 50.8 Å². The molecule has 178 valence electrons. The number of carboxylic acids is 1. The van der Waals surface area contributed by atoms with E-state index >= 15 is 0 Å². The lowest BCUT2D eigenvalue weighted by Gasteiger charge is -2.22. The Morgan fingerprint density at radius 3 is 2.71 bits per heavy atom. The summed E-state index contributed by atoms with van der Waals surface area (Å²) in [5.74, 6) is 0.402. The van der Waals surface area contributed by atoms with Gasteiger partial charge >= 0.3 is 5.97 Å². The molecule has 2 aromatic carbocycles. The summed E-state index contributed by atoms with van der Waals surface area (Å²) >= 11 is 3.43. The first-order chi connectivity index (χ1) is 16.4. The van der Waals surface area contributed by atoms with Gasteiger partial charge in [-0.1, -0.05) is 31.4 Å². The molecule has 0 radical (unpaired) electrons. The number of carbonyl (C=O) groups is 1. The fourth-order valence-electron chi connectivity index (χ4n) is 4.16. The number of fused-ring (bicyclic) bond motifs is 1. The van der Waals surface area contributed by atoms with E-state index in [1.54, 1.807) is 24.4 Å². The minimum Gasteiger partial charge on any atom is -0.493 e. The van der Waals surface area contributed by atoms with Gasteiger partial charge in [-0.15, -0.1) is 0 Å². The molecule has 0 bridgehead atoms. The number of ether oxygens (including phenoxy) is 2. The number of para-hydroxylation sites is 1. The van der Waals surface area contributed by atoms with Crippen LogP contribution >= 0.6 is 15.9 Å². The monoisotopic (exact) mass is 527 g/mol. The quantitative estimate of drug-likeness (QED) is 0.436. The van der Waals surface area contributed by atoms with E-state index in [1.807, 2.05) is 18.2 Å². The molecule has 34 heavy (non-hydrogen) atoms. The summed E-state index contributed by atoms with van der Waals surface area (Å²) in [6.07, 6.45) is 5.89. The van der Waals surface area contributed by atoms with Gasteiger partial charge in [0, 0.05) is 5.92 Å². The molecule has 0 spiro atoms. The molecule has 0 unspecified atom stereocenters. The first kappa shape index (κ1) is 23.9. The molecule has 1 aliphatic rings. The van der Waals surface area contributed by atoms with E-state index in [-0.39, 0.29) is 17.2 Å². The van der Waals surface area contributed by atoms with Crippen molar-refractivity contribution in [2.45, 2.75) is 51.0 Å². The SMILES string of the molecule is COc1cc(C=Nn2c(C3CCCCC3)nc3ccccc3c2=O)cc(Br)c1O[C@@H](C)C(=O)O. The van der Waals surface area contributed by atoms with E-state index in [0.29, 0.717) is 32.5 Å². The van der Waals surface area contributed by atoms with Crippen molar-refractivity contribution in [3.63, 3.8) is 0 Å². The van der Waals surface area contributed by atoms with Gasteiger partial charge in [0.15, 0.2) is 17.6 Å². The number of hydrogen-bond donors (Lipinski definition) is 1. The molecule has 1 N–H and O–H groups in total. The normalized spacial score (nSPS) is 15.5. The van der Waals surface area contributed by atoms with Crippen LogP contribution in [0.4, 0.5) is 0 Å². The number of carboxylic acid groups (broad SMARTS) is 1. The molecule has 1 saturated carbocycles. The summed E-state index contributed by atoms with van der Waals surface area (Å²) in [6.45, 7) is 1.44. The van der Waals surface area contributed by atoms with E-state index < -0.39 is 12.1 Å². The number of halogens is 1. The summed E-state index contributed by atoms with van der Waals surface area (Å²) in [7, 11) is 1.47. The maximum absolute atomic E-state index is 13.3. The van der Waals surface area contributed by atoms with E-state index in [2.05, 4.69) is 21.0 Å². The second kappa shape index (κ2) is 10.4. The van der Waals surface area contributed by atoms with Crippen molar-refractivity contribution in [1.29, 1.82) is 0 Å². The molecule has 3 aromatic rings. The number of nitrogens with zero attached hydrogens (tertiary/aromatic N) is 3. The molecular weight excluding hydrogens is 502 g/mol. The Balaban J connectivity index is 1.76. The van der Waals surface area contributed by atoms with Gasteiger partial charge in [0.05, 0.1) is 28.7 Å². The third kappa shape index (κ3) is 4.99. The van der Waals surface area contributed by atoms with Gasteiger partial charge in [0.1, 0.15) is 5.82 Å². The van der Waals surface area contributed by atoms with Gasteiger partial charge in [-0.25, -0.2) is 9.78 Å². The second-order valence-corrected chi connectivity index (χ2v) is 9.17. The lowest BCUT2D eigenvalue weighted by Crippen LogP contribution is -2.25. The van der Waals surface area contributed by atoms with Crippen molar-refractivity contribution in [3.05, 3.63) is 62.6 Å². The zero-order valence-corrected chi connectivity index (χ0v) is 20.6. The Kier molecular flexibility index (Phi) is 7.31. The lowest BCUT2D eigenvalue weighted by molar-refractivity contribution is -0.144. The van der Waals surface area contributed by atoms with E-state index in [9.17, 15) is 9.59 Å². The summed E-state index contributed by atoms with van der Waals surface area (Å²) in [5.41, 5.74) is 1.12. The van der Waals surface area contributed by atoms with E-state index in [0.717, 1.165) is 25.7 Å². The Bertz CT molecular complexity index is 1300. The first-order valence-corrected chi connectivity index (χ1v) is 12.0. The fourth-order valence-corrected chi connectivity index (χ4v) is 4.71. The highest BCUT2D eigenvalue weighted by molar-refractivity contribution is 9.10. The highest BCUT2D eigenvalue weighted by atomic mass is 79.9. The molecule has 1 aromatic heterocycles. The molecule has 1 fully saturated rings. The molecule has 1 atom stereocenters. The highest BCUT2D eigenvalue weighted by Crippen LogP contribution is 2.37. The molecule has 0 amide bonds. The Morgan fingerprint density at radius 1 is 1.26 bits per heavy atom. The highest BCUT2D eigenvalue weighted by Gasteiger charge is 2.23. The predicted octanol–water partition coefficient (Wildman–Crippen LogP) is 4.95. The third-order valence-electron chi connectivity index (χ3n) is 5.97. The van der Waals surface area contributed by atoms with Crippen LogP contribution in [-0.4, -0.2) is 40.2 Å². The minimum absolute atomic E-state index is 0.178. The van der Waals surface area contributed by atoms with Crippen LogP contribution in [0.5, 0.6) is 11.5 Å². The van der Waals surface area contributed by atoms with Gasteiger partial charge < -0.3 is 14.6 Å². The molecule has 4 rings (SSSR count). The molecule has 9 heteroatoms. The maximum Gasteiger partial charge on any atom is 0.344 e. The smallest absolute Gasteiger partial charge is 0.344 e. The Morgan fingerprint density at radius 2 is 2.00 bits per heavy atom. The summed E-state index contributed by atoms with van der Waals surface area (Å²) in [5, 5.41) is 14.2. The number of rotatable bonds is 7. The van der Waals surface area contributed by atoms with Crippen molar-refractivity contribution < 1.29 is 19.4 Å². The van der Waals surface area contributed by atoms with Crippen molar-refractivity contribution >= 4 is 39.0 Å². The average Bonchev–Trinajstić information content (AvgIpc) is 2.85. The van der Waals surface area contributed by atoms with Crippen LogP contribution in [0.2, 0.25) is 0 Å². The largest absolute Gasteiger partial charge is 0.493 e. The van der Waals surface area contributed by atoms with Crippen LogP contribution < -0.4 is 15.0 Å². The molecule has 1 heterocycles. The Labute approximate surface area is 205 Å². The van der Waals surface area contributed by atoms with Crippen LogP contribution in [0, 0.1) is 0 Å². The van der Waals surface area contributed by atoms with Gasteiger partial charge in [-0.2, -0.15) is 9.78 Å². The average molecular weight is 528 g/mol. The molecule has 0 saturated heterocycles. The van der Waals surface area contributed by atoms with Crippen LogP contribution in [-0.2, 0) is 4.79 Å². The van der Waals surface area contributed by atoms with Crippen molar-refractivity contribution in [2.24, 2.45) is 5.10 Å². The molecule has 1 aliphatic carbocycles. The number of aromatic nitrogens is 2. The van der Waals surface area contributed by atoms with Crippen molar-refractivity contribution in [2.75, 3.05) is 7.11 Å².